The molecule has 0 fully saturated rings. The second-order valence-corrected chi connectivity index (χ2v) is 11.1. The molecule has 0 aromatic carbocycles. The van der Waals surface area contributed by atoms with Crippen molar-refractivity contribution in [2.24, 2.45) is 5.41 Å². The molecule has 0 bridgehead atoms. The van der Waals surface area contributed by atoms with Gasteiger partial charge in [0.05, 0.1) is 0 Å². The molecule has 0 aromatic rings. The number of amides is 1. The fourth-order valence-electron chi connectivity index (χ4n) is 2.98. The third-order valence-corrected chi connectivity index (χ3v) is 7.79. The van der Waals surface area contributed by atoms with Crippen molar-refractivity contribution in [1.29, 1.82) is 0 Å². The van der Waals surface area contributed by atoms with Gasteiger partial charge in [-0.3, -0.25) is 4.79 Å². The van der Waals surface area contributed by atoms with Crippen LogP contribution in [0, 0.1) is 5.41 Å². The van der Waals surface area contributed by atoms with E-state index >= 15 is 0 Å². The van der Waals surface area contributed by atoms with E-state index in [-0.39, 0.29) is 11.3 Å². The Morgan fingerprint density at radius 1 is 0.885 bits per heavy atom. The van der Waals surface area contributed by atoms with Gasteiger partial charge in [-0.25, -0.2) is 0 Å². The van der Waals surface area contributed by atoms with Crippen LogP contribution in [0.25, 0.3) is 0 Å². The quantitative estimate of drug-likeness (QED) is 0.283. The number of carbonyl (C=O) groups excluding carboxylic acids is 1. The number of carbonyl (C=O) groups is 1. The summed E-state index contributed by atoms with van der Waals surface area (Å²) in [5.41, 5.74) is -0.0111. The van der Waals surface area contributed by atoms with Crippen molar-refractivity contribution in [3.05, 3.63) is 0 Å². The Morgan fingerprint density at radius 3 is 1.88 bits per heavy atom. The molecule has 0 aliphatic rings. The van der Waals surface area contributed by atoms with E-state index in [2.05, 4.69) is 26.1 Å². The summed E-state index contributed by atoms with van der Waals surface area (Å²) in [6, 6.07) is 0.747. The van der Waals surface area contributed by atoms with Crippen LogP contribution in [0.15, 0.2) is 0 Å². The lowest BCUT2D eigenvalue weighted by Crippen LogP contribution is -2.44. The van der Waals surface area contributed by atoms with Gasteiger partial charge in [-0.2, -0.15) is 0 Å². The second kappa shape index (κ2) is 14.6. The fourth-order valence-corrected chi connectivity index (χ4v) is 5.08. The summed E-state index contributed by atoms with van der Waals surface area (Å²) in [6.45, 7) is 7.23. The smallest absolute Gasteiger partial charge is 0.377 e. The lowest BCUT2D eigenvalue weighted by molar-refractivity contribution is -0.121. The normalized spacial score (nSPS) is 12.4. The van der Waals surface area contributed by atoms with E-state index < -0.39 is 8.80 Å². The molecule has 0 saturated heterocycles. The molecule has 0 spiro atoms. The zero-order valence-corrected chi connectivity index (χ0v) is 19.1. The molecule has 1 N–H and O–H groups in total. The van der Waals surface area contributed by atoms with E-state index in [0.717, 1.165) is 25.3 Å². The van der Waals surface area contributed by atoms with Crippen LogP contribution in [0.2, 0.25) is 6.04 Å². The summed E-state index contributed by atoms with van der Waals surface area (Å²) in [4.78, 5) is 12.1. The minimum atomic E-state index is -2.54. The predicted molar refractivity (Wildman–Crippen MR) is 110 cm³/mol. The summed E-state index contributed by atoms with van der Waals surface area (Å²) in [5, 5.41) is 3.09. The maximum Gasteiger partial charge on any atom is 0.500 e. The van der Waals surface area contributed by atoms with Gasteiger partial charge in [-0.05, 0) is 18.3 Å². The zero-order chi connectivity index (χ0) is 19.9. The third kappa shape index (κ3) is 12.0. The Hall–Kier alpha value is -0.433. The highest BCUT2D eigenvalue weighted by Gasteiger charge is 2.39. The number of nitrogens with one attached hydrogen (secondary N) is 1. The minimum Gasteiger partial charge on any atom is -0.377 e. The molecule has 156 valence electrons. The first-order valence-corrected chi connectivity index (χ1v) is 12.2. The molecule has 0 heterocycles. The Labute approximate surface area is 162 Å². The Balaban J connectivity index is 3.88. The van der Waals surface area contributed by atoms with Crippen molar-refractivity contribution in [1.82, 2.24) is 5.32 Å². The van der Waals surface area contributed by atoms with Crippen LogP contribution in [0.4, 0.5) is 0 Å². The van der Waals surface area contributed by atoms with E-state index in [1.807, 2.05) is 0 Å². The molecule has 0 aliphatic heterocycles. The minimum absolute atomic E-state index is 0.0111. The summed E-state index contributed by atoms with van der Waals surface area (Å²) < 4.78 is 16.4. The van der Waals surface area contributed by atoms with Crippen LogP contribution in [-0.4, -0.2) is 42.6 Å². The van der Waals surface area contributed by atoms with Gasteiger partial charge in [0.1, 0.15) is 0 Å². The molecule has 0 aromatic heterocycles. The number of hydrogen-bond donors (Lipinski definition) is 1. The molecular weight excluding hydrogens is 346 g/mol. The molecule has 0 atom stereocenters. The van der Waals surface area contributed by atoms with Gasteiger partial charge in [-0.1, -0.05) is 65.7 Å². The molecule has 0 radical (unpaired) electrons. The van der Waals surface area contributed by atoms with E-state index in [4.69, 9.17) is 13.3 Å². The molecule has 5 nitrogen and oxygen atoms in total. The summed E-state index contributed by atoms with van der Waals surface area (Å²) >= 11 is 0. The Bertz CT molecular complexity index is 351. The van der Waals surface area contributed by atoms with Crippen molar-refractivity contribution in [2.75, 3.05) is 27.9 Å². The highest BCUT2D eigenvalue weighted by atomic mass is 28.4. The lowest BCUT2D eigenvalue weighted by atomic mass is 9.90. The van der Waals surface area contributed by atoms with Crippen molar-refractivity contribution in [3.63, 3.8) is 0 Å². The molecule has 0 rings (SSSR count). The lowest BCUT2D eigenvalue weighted by Gasteiger charge is -2.30. The fraction of sp³-hybridized carbons (Fsp3) is 0.950. The van der Waals surface area contributed by atoms with E-state index in [1.54, 1.807) is 21.3 Å². The number of rotatable bonds is 17. The van der Waals surface area contributed by atoms with Crippen LogP contribution in [0.3, 0.4) is 0 Å². The van der Waals surface area contributed by atoms with E-state index in [0.29, 0.717) is 13.0 Å². The first-order valence-electron chi connectivity index (χ1n) is 10.3. The zero-order valence-electron chi connectivity index (χ0n) is 18.1. The van der Waals surface area contributed by atoms with Crippen LogP contribution in [0.5, 0.6) is 0 Å². The van der Waals surface area contributed by atoms with Crippen molar-refractivity contribution >= 4 is 14.7 Å². The number of hydrogen-bond acceptors (Lipinski definition) is 4. The average Bonchev–Trinajstić information content (AvgIpc) is 2.64. The van der Waals surface area contributed by atoms with Gasteiger partial charge in [0.2, 0.25) is 5.91 Å². The highest BCUT2D eigenvalue weighted by Crippen LogP contribution is 2.27. The van der Waals surface area contributed by atoms with Gasteiger partial charge >= 0.3 is 8.80 Å². The largest absolute Gasteiger partial charge is 0.500 e. The standard InChI is InChI=1S/C20H43NO4Si/c1-7-8-9-10-11-12-13-14-15-19(22)21-18-20(2,3)16-17-26(23-4,24-5)25-6/h7-18H2,1-6H3,(H,21,22). The van der Waals surface area contributed by atoms with Gasteiger partial charge in [0.15, 0.2) is 0 Å². The average molecular weight is 390 g/mol. The topological polar surface area (TPSA) is 56.8 Å². The van der Waals surface area contributed by atoms with E-state index in [9.17, 15) is 4.79 Å². The van der Waals surface area contributed by atoms with Crippen molar-refractivity contribution < 1.29 is 18.1 Å². The third-order valence-electron chi connectivity index (χ3n) is 5.06. The highest BCUT2D eigenvalue weighted by molar-refractivity contribution is 6.60. The predicted octanol–water partition coefficient (Wildman–Crippen LogP) is 4.93. The maximum atomic E-state index is 12.1. The molecular formula is C20H43NO4Si. The molecule has 0 saturated carbocycles. The molecule has 26 heavy (non-hydrogen) atoms. The van der Waals surface area contributed by atoms with E-state index in [1.165, 1.54) is 38.5 Å². The van der Waals surface area contributed by atoms with Crippen LogP contribution >= 0.6 is 0 Å². The first kappa shape index (κ1) is 25.6. The number of unbranched alkanes of at least 4 members (excludes halogenated alkanes) is 7. The van der Waals surface area contributed by atoms with Crippen LogP contribution in [-0.2, 0) is 18.1 Å². The maximum absolute atomic E-state index is 12.1. The Morgan fingerprint density at radius 2 is 1.38 bits per heavy atom. The van der Waals surface area contributed by atoms with Gasteiger partial charge < -0.3 is 18.6 Å². The summed E-state index contributed by atoms with van der Waals surface area (Å²) in [6.07, 6.45) is 11.6. The van der Waals surface area contributed by atoms with Gasteiger partial charge in [0.25, 0.3) is 0 Å². The van der Waals surface area contributed by atoms with Crippen LogP contribution < -0.4 is 5.32 Å². The molecule has 6 heteroatoms. The van der Waals surface area contributed by atoms with Gasteiger partial charge in [0, 0.05) is 40.3 Å². The van der Waals surface area contributed by atoms with Crippen LogP contribution in [0.1, 0.15) is 85.0 Å². The van der Waals surface area contributed by atoms with Crippen molar-refractivity contribution in [2.45, 2.75) is 91.0 Å². The first-order chi connectivity index (χ1) is 12.3. The monoisotopic (exact) mass is 389 g/mol. The molecule has 0 aliphatic carbocycles. The Kier molecular flexibility index (Phi) is 14.4. The van der Waals surface area contributed by atoms with Crippen molar-refractivity contribution in [3.8, 4) is 0 Å². The molecule has 1 amide bonds. The molecule has 0 unspecified atom stereocenters. The second-order valence-electron chi connectivity index (χ2n) is 7.96. The SMILES string of the molecule is CCCCCCCCCCC(=O)NCC(C)(C)CC[Si](OC)(OC)OC. The summed E-state index contributed by atoms with van der Waals surface area (Å²) in [5.74, 6) is 0.165. The van der Waals surface area contributed by atoms with Gasteiger partial charge in [-0.15, -0.1) is 0 Å². The summed E-state index contributed by atoms with van der Waals surface area (Å²) in [7, 11) is 2.37.